The third kappa shape index (κ3) is 5.31. The summed E-state index contributed by atoms with van der Waals surface area (Å²) in [5.74, 6) is -0.216. The van der Waals surface area contributed by atoms with E-state index in [2.05, 4.69) is 0 Å². The number of aryl methyl sites for hydroxylation is 1. The van der Waals surface area contributed by atoms with E-state index in [0.29, 0.717) is 30.3 Å². The SMILES string of the molecule is Cn1sc(=O)c2cc(S(N)(=O)=O)ccc21.NS(=O)(=O)c1ccc(N2CCCC2=O)c([N+](=O)[O-])c1. The normalized spacial score (nSPS) is 14.2. The molecule has 1 fully saturated rings. The lowest BCUT2D eigenvalue weighted by atomic mass is 10.2. The van der Waals surface area contributed by atoms with Gasteiger partial charge >= 0.3 is 0 Å². The number of benzene rings is 2. The molecule has 4 rings (SSSR count). The maximum absolute atomic E-state index is 11.6. The zero-order valence-corrected chi connectivity index (χ0v) is 20.0. The monoisotopic (exact) mass is 529 g/mol. The zero-order valence-electron chi connectivity index (χ0n) is 17.6. The minimum Gasteiger partial charge on any atom is -0.306 e. The molecule has 1 aliphatic rings. The fourth-order valence-corrected chi connectivity index (χ4v) is 5.15. The molecule has 4 N–H and O–H groups in total. The van der Waals surface area contributed by atoms with Crippen LogP contribution in [-0.2, 0) is 31.9 Å². The van der Waals surface area contributed by atoms with Crippen LogP contribution >= 0.6 is 11.5 Å². The number of primary sulfonamides is 2. The molecule has 1 aromatic heterocycles. The van der Waals surface area contributed by atoms with Crippen molar-refractivity contribution in [3.05, 3.63) is 56.0 Å². The molecule has 2 heterocycles. The first kappa shape index (κ1) is 25.4. The van der Waals surface area contributed by atoms with Gasteiger partial charge in [-0.2, -0.15) is 0 Å². The van der Waals surface area contributed by atoms with Crippen molar-refractivity contribution in [2.24, 2.45) is 17.3 Å². The van der Waals surface area contributed by atoms with E-state index < -0.39 is 30.7 Å². The maximum atomic E-state index is 11.6. The Morgan fingerprint density at radius 3 is 2.12 bits per heavy atom. The Balaban J connectivity index is 0.000000196. The zero-order chi connectivity index (χ0) is 25.4. The number of hydrogen-bond acceptors (Lipinski definition) is 9. The Kier molecular flexibility index (Phi) is 6.90. The molecule has 16 heteroatoms. The van der Waals surface area contributed by atoms with Crippen LogP contribution in [0.3, 0.4) is 0 Å². The average molecular weight is 530 g/mol. The van der Waals surface area contributed by atoms with Crippen LogP contribution in [0.25, 0.3) is 10.9 Å². The molecule has 1 aliphatic heterocycles. The summed E-state index contributed by atoms with van der Waals surface area (Å²) in [5.41, 5.74) is 0.360. The molecule has 13 nitrogen and oxygen atoms in total. The van der Waals surface area contributed by atoms with Crippen LogP contribution in [0.4, 0.5) is 11.4 Å². The summed E-state index contributed by atoms with van der Waals surface area (Å²) in [6, 6.07) is 7.54. The smallest absolute Gasteiger partial charge is 0.294 e. The molecule has 0 unspecified atom stereocenters. The van der Waals surface area contributed by atoms with E-state index in [4.69, 9.17) is 10.3 Å². The van der Waals surface area contributed by atoms with Gasteiger partial charge in [-0.1, -0.05) is 0 Å². The van der Waals surface area contributed by atoms with Crippen LogP contribution in [0.15, 0.2) is 51.0 Å². The molecule has 2 aromatic carbocycles. The van der Waals surface area contributed by atoms with Gasteiger partial charge in [0.15, 0.2) is 0 Å². The average Bonchev–Trinajstić information content (AvgIpc) is 3.29. The van der Waals surface area contributed by atoms with Gasteiger partial charge in [0, 0.05) is 26.1 Å². The maximum Gasteiger partial charge on any atom is 0.294 e. The largest absolute Gasteiger partial charge is 0.306 e. The number of nitro groups is 1. The molecule has 182 valence electrons. The van der Waals surface area contributed by atoms with Crippen LogP contribution in [-0.4, -0.2) is 38.2 Å². The van der Waals surface area contributed by atoms with Gasteiger partial charge in [-0.05, 0) is 48.3 Å². The van der Waals surface area contributed by atoms with Crippen LogP contribution in [0, 0.1) is 10.1 Å². The van der Waals surface area contributed by atoms with E-state index in [1.165, 1.54) is 23.1 Å². The van der Waals surface area contributed by atoms with Crippen molar-refractivity contribution in [3.63, 3.8) is 0 Å². The number of fused-ring (bicyclic) bond motifs is 1. The number of nitro benzene ring substituents is 1. The molecular weight excluding hydrogens is 510 g/mol. The van der Waals surface area contributed by atoms with E-state index >= 15 is 0 Å². The summed E-state index contributed by atoms with van der Waals surface area (Å²) in [4.78, 5) is 34.2. The van der Waals surface area contributed by atoms with Gasteiger partial charge in [0.05, 0.1) is 25.6 Å². The summed E-state index contributed by atoms with van der Waals surface area (Å²) in [7, 11) is -6.02. The number of amides is 1. The van der Waals surface area contributed by atoms with E-state index in [0.717, 1.165) is 23.7 Å². The van der Waals surface area contributed by atoms with Crippen molar-refractivity contribution < 1.29 is 26.6 Å². The first-order chi connectivity index (χ1) is 15.7. The van der Waals surface area contributed by atoms with Crippen molar-refractivity contribution in [1.29, 1.82) is 0 Å². The molecule has 0 bridgehead atoms. The van der Waals surface area contributed by atoms with Crippen molar-refractivity contribution >= 4 is 59.8 Å². The topological polar surface area (TPSA) is 206 Å². The lowest BCUT2D eigenvalue weighted by Crippen LogP contribution is -2.25. The highest BCUT2D eigenvalue weighted by molar-refractivity contribution is 7.89. The molecule has 0 atom stereocenters. The number of nitrogens with two attached hydrogens (primary N) is 2. The molecule has 34 heavy (non-hydrogen) atoms. The fourth-order valence-electron chi connectivity index (χ4n) is 3.31. The van der Waals surface area contributed by atoms with Gasteiger partial charge in [0.1, 0.15) is 5.69 Å². The number of carbonyl (C=O) groups excluding carboxylic acids is 1. The van der Waals surface area contributed by atoms with Gasteiger partial charge in [-0.25, -0.2) is 27.1 Å². The molecule has 0 radical (unpaired) electrons. The molecule has 1 saturated heterocycles. The van der Waals surface area contributed by atoms with Crippen LogP contribution in [0.1, 0.15) is 12.8 Å². The van der Waals surface area contributed by atoms with Crippen molar-refractivity contribution in [3.8, 4) is 0 Å². The van der Waals surface area contributed by atoms with Gasteiger partial charge in [0.2, 0.25) is 26.0 Å². The standard InChI is InChI=1S/C10H11N3O5S.C8H8N2O3S2/c11-19(17,18)7-3-4-8(9(6-7)13(15)16)12-5-1-2-10(12)14;1-10-7-3-2-5(15(9,12)13)4-6(7)8(11)14-10/h3-4,6H,1-2,5H2,(H2,11,17,18);2-4H,1H3,(H2,9,12,13). The third-order valence-corrected chi connectivity index (χ3v) is 7.59. The highest BCUT2D eigenvalue weighted by Gasteiger charge is 2.29. The summed E-state index contributed by atoms with van der Waals surface area (Å²) >= 11 is 1.03. The molecule has 1 amide bonds. The summed E-state index contributed by atoms with van der Waals surface area (Å²) in [5, 5.41) is 21.3. The number of rotatable bonds is 4. The highest BCUT2D eigenvalue weighted by atomic mass is 32.2. The van der Waals surface area contributed by atoms with Gasteiger partial charge in [0.25, 0.3) is 10.4 Å². The van der Waals surface area contributed by atoms with Crippen LogP contribution in [0.2, 0.25) is 0 Å². The summed E-state index contributed by atoms with van der Waals surface area (Å²) in [6.45, 7) is 0.383. The Morgan fingerprint density at radius 1 is 1.00 bits per heavy atom. The fraction of sp³-hybridized carbons (Fsp3) is 0.222. The Hall–Kier alpha value is -3.18. The summed E-state index contributed by atoms with van der Waals surface area (Å²) in [6.07, 6.45) is 0.945. The Labute approximate surface area is 197 Å². The molecule has 3 aromatic rings. The lowest BCUT2D eigenvalue weighted by Gasteiger charge is -2.15. The number of hydrogen-bond donors (Lipinski definition) is 2. The minimum absolute atomic E-state index is 0.0366. The van der Waals surface area contributed by atoms with E-state index in [-0.39, 0.29) is 26.1 Å². The molecule has 0 saturated carbocycles. The van der Waals surface area contributed by atoms with E-state index in [1.807, 2.05) is 0 Å². The quantitative estimate of drug-likeness (QED) is 0.361. The van der Waals surface area contributed by atoms with Gasteiger partial charge in [-0.3, -0.25) is 23.7 Å². The van der Waals surface area contributed by atoms with Crippen molar-refractivity contribution in [2.75, 3.05) is 11.4 Å². The second kappa shape index (κ2) is 9.22. The predicted molar refractivity (Wildman–Crippen MR) is 124 cm³/mol. The number of anilines is 1. The molecule has 0 aliphatic carbocycles. The van der Waals surface area contributed by atoms with Crippen LogP contribution in [0.5, 0.6) is 0 Å². The summed E-state index contributed by atoms with van der Waals surface area (Å²) < 4.78 is 46.0. The number of carbonyl (C=O) groups is 1. The predicted octanol–water partition coefficient (Wildman–Crippen LogP) is 0.616. The lowest BCUT2D eigenvalue weighted by molar-refractivity contribution is -0.384. The molecular formula is C18H19N5O8S3. The number of nitrogens with zero attached hydrogens (tertiary/aromatic N) is 3. The molecule has 0 spiro atoms. The highest BCUT2D eigenvalue weighted by Crippen LogP contribution is 2.33. The van der Waals surface area contributed by atoms with Crippen LogP contribution < -0.4 is 19.9 Å². The first-order valence-electron chi connectivity index (χ1n) is 9.44. The number of aromatic nitrogens is 1. The van der Waals surface area contributed by atoms with Gasteiger partial charge < -0.3 is 4.90 Å². The third-order valence-electron chi connectivity index (χ3n) is 4.91. The van der Waals surface area contributed by atoms with E-state index in [9.17, 15) is 36.5 Å². The van der Waals surface area contributed by atoms with Crippen molar-refractivity contribution in [1.82, 2.24) is 3.96 Å². The van der Waals surface area contributed by atoms with Gasteiger partial charge in [-0.15, -0.1) is 0 Å². The first-order valence-corrected chi connectivity index (χ1v) is 13.3. The second-order valence-electron chi connectivity index (χ2n) is 7.20. The Morgan fingerprint density at radius 2 is 1.59 bits per heavy atom. The minimum atomic E-state index is -4.02. The van der Waals surface area contributed by atoms with E-state index in [1.54, 1.807) is 17.1 Å². The second-order valence-corrected chi connectivity index (χ2v) is 11.4. The Bertz CT molecular complexity index is 1570. The number of sulfonamides is 2. The van der Waals surface area contributed by atoms with Crippen molar-refractivity contribution in [2.45, 2.75) is 22.6 Å².